The molecule has 22 heavy (non-hydrogen) atoms. The third kappa shape index (κ3) is 2.14. The van der Waals surface area contributed by atoms with Crippen molar-refractivity contribution in [2.75, 3.05) is 12.3 Å². The molecule has 0 unspecified atom stereocenters. The Morgan fingerprint density at radius 3 is 3.05 bits per heavy atom. The Bertz CT molecular complexity index is 734. The van der Waals surface area contributed by atoms with Crippen molar-refractivity contribution in [2.45, 2.75) is 31.3 Å². The number of ether oxygens (including phenoxy) is 1. The minimum absolute atomic E-state index is 0.0679. The van der Waals surface area contributed by atoms with Gasteiger partial charge >= 0.3 is 6.08 Å². The molecule has 0 aliphatic carbocycles. The van der Waals surface area contributed by atoms with Crippen molar-refractivity contribution in [1.82, 2.24) is 19.5 Å². The summed E-state index contributed by atoms with van der Waals surface area (Å²) in [5.74, 6) is -0.0679. The number of allylic oxidation sites excluding steroid dienone is 1. The van der Waals surface area contributed by atoms with E-state index in [1.807, 2.05) is 0 Å². The molecule has 1 aliphatic heterocycles. The Balaban J connectivity index is 2.03. The van der Waals surface area contributed by atoms with E-state index < -0.39 is 24.0 Å². The lowest BCUT2D eigenvalue weighted by molar-refractivity contribution is -0.0956. The van der Waals surface area contributed by atoms with Crippen LogP contribution in [0.4, 0.5) is 10.2 Å². The molecule has 2 aromatic heterocycles. The molecule has 0 spiro atoms. The Kier molecular flexibility index (Phi) is 3.55. The first kappa shape index (κ1) is 14.8. The van der Waals surface area contributed by atoms with Crippen LogP contribution in [-0.2, 0) is 4.74 Å². The van der Waals surface area contributed by atoms with Crippen LogP contribution in [0, 0.1) is 6.08 Å². The van der Waals surface area contributed by atoms with E-state index in [-0.39, 0.29) is 30.0 Å². The zero-order valence-electron chi connectivity index (χ0n) is 11.8. The Labute approximate surface area is 125 Å². The van der Waals surface area contributed by atoms with Crippen molar-refractivity contribution >= 4 is 17.0 Å². The van der Waals surface area contributed by atoms with Crippen LogP contribution in [0.3, 0.4) is 0 Å². The largest absolute Gasteiger partial charge is 0.393 e. The molecule has 8 nitrogen and oxygen atoms in total. The summed E-state index contributed by atoms with van der Waals surface area (Å²) < 4.78 is 20.6. The standard InChI is InChI=1S/C13H16FN5O3/c1-2-3-13(5-20)7(21)4-8(22-13)19-6-16-9-10(15)17-12(14)18-11(9)19/h2-3,6-8,20-21H,4-5H2,1H3,(H2,15,17,18)/b3-2+/t7-,8+,13+/m0/s1. The first-order valence-corrected chi connectivity index (χ1v) is 6.77. The van der Waals surface area contributed by atoms with Crippen molar-refractivity contribution in [3.63, 3.8) is 0 Å². The van der Waals surface area contributed by atoms with Crippen molar-refractivity contribution in [3.8, 4) is 0 Å². The SMILES string of the molecule is C/C=C/[C@]1(CO)O[C@@H](n2cnc3c(N)nc(F)nc32)C[C@@H]1O. The molecular weight excluding hydrogens is 293 g/mol. The topological polar surface area (TPSA) is 119 Å². The second-order valence-corrected chi connectivity index (χ2v) is 5.14. The first-order valence-electron chi connectivity index (χ1n) is 6.77. The fraction of sp³-hybridized carbons (Fsp3) is 0.462. The summed E-state index contributed by atoms with van der Waals surface area (Å²) in [6, 6.07) is 0. The molecule has 0 amide bonds. The van der Waals surface area contributed by atoms with Crippen LogP contribution in [0.1, 0.15) is 19.6 Å². The zero-order chi connectivity index (χ0) is 15.9. The Hall–Kier alpha value is -2.10. The molecule has 3 rings (SSSR count). The second-order valence-electron chi connectivity index (χ2n) is 5.14. The highest BCUT2D eigenvalue weighted by Gasteiger charge is 2.47. The van der Waals surface area contributed by atoms with Crippen LogP contribution in [0.5, 0.6) is 0 Å². The summed E-state index contributed by atoms with van der Waals surface area (Å²) in [5, 5.41) is 19.8. The number of halogens is 1. The van der Waals surface area contributed by atoms with Gasteiger partial charge in [-0.1, -0.05) is 12.2 Å². The van der Waals surface area contributed by atoms with Crippen LogP contribution >= 0.6 is 0 Å². The number of hydrogen-bond donors (Lipinski definition) is 3. The maximum Gasteiger partial charge on any atom is 0.312 e. The van der Waals surface area contributed by atoms with Crippen LogP contribution in [0.15, 0.2) is 18.5 Å². The highest BCUT2D eigenvalue weighted by atomic mass is 19.1. The predicted octanol–water partition coefficient (Wildman–Crippen LogP) is 0.135. The van der Waals surface area contributed by atoms with Gasteiger partial charge in [-0.05, 0) is 6.92 Å². The quantitative estimate of drug-likeness (QED) is 0.544. The van der Waals surface area contributed by atoms with Gasteiger partial charge in [0.15, 0.2) is 17.0 Å². The average Bonchev–Trinajstić information content (AvgIpc) is 3.02. The number of aliphatic hydroxyl groups is 2. The lowest BCUT2D eigenvalue weighted by atomic mass is 9.97. The van der Waals surface area contributed by atoms with E-state index in [9.17, 15) is 14.6 Å². The molecule has 4 N–H and O–H groups in total. The van der Waals surface area contributed by atoms with Crippen LogP contribution in [0.2, 0.25) is 0 Å². The van der Waals surface area contributed by atoms with Gasteiger partial charge < -0.3 is 20.7 Å². The summed E-state index contributed by atoms with van der Waals surface area (Å²) in [4.78, 5) is 11.2. The number of nitrogens with two attached hydrogens (primary N) is 1. The minimum Gasteiger partial charge on any atom is -0.393 e. The summed E-state index contributed by atoms with van der Waals surface area (Å²) in [6.45, 7) is 1.38. The minimum atomic E-state index is -1.20. The van der Waals surface area contributed by atoms with Gasteiger partial charge in [0.25, 0.3) is 0 Å². The number of fused-ring (bicyclic) bond motifs is 1. The maximum absolute atomic E-state index is 13.4. The van der Waals surface area contributed by atoms with Gasteiger partial charge in [-0.15, -0.1) is 0 Å². The molecule has 118 valence electrons. The van der Waals surface area contributed by atoms with E-state index in [0.717, 1.165) is 0 Å². The van der Waals surface area contributed by atoms with Crippen molar-refractivity contribution < 1.29 is 19.3 Å². The number of hydrogen-bond acceptors (Lipinski definition) is 7. The molecule has 0 aromatic carbocycles. The molecule has 0 radical (unpaired) electrons. The van der Waals surface area contributed by atoms with Gasteiger partial charge in [-0.3, -0.25) is 4.57 Å². The molecule has 1 fully saturated rings. The van der Waals surface area contributed by atoms with Crippen LogP contribution in [0.25, 0.3) is 11.2 Å². The number of nitrogen functional groups attached to an aromatic ring is 1. The van der Waals surface area contributed by atoms with E-state index in [4.69, 9.17) is 10.5 Å². The van der Waals surface area contributed by atoms with Crippen molar-refractivity contribution in [1.29, 1.82) is 0 Å². The van der Waals surface area contributed by atoms with Crippen LogP contribution < -0.4 is 5.73 Å². The fourth-order valence-electron chi connectivity index (χ4n) is 2.69. The lowest BCUT2D eigenvalue weighted by Crippen LogP contribution is -2.41. The van der Waals surface area contributed by atoms with Gasteiger partial charge in [-0.2, -0.15) is 14.4 Å². The molecule has 0 bridgehead atoms. The maximum atomic E-state index is 13.4. The second kappa shape index (κ2) is 5.27. The van der Waals surface area contributed by atoms with Gasteiger partial charge in [0.1, 0.15) is 11.8 Å². The van der Waals surface area contributed by atoms with E-state index in [1.54, 1.807) is 19.1 Å². The highest BCUT2D eigenvalue weighted by molar-refractivity contribution is 5.81. The number of aromatic nitrogens is 4. The Morgan fingerprint density at radius 2 is 2.36 bits per heavy atom. The summed E-state index contributed by atoms with van der Waals surface area (Å²) >= 11 is 0. The van der Waals surface area contributed by atoms with Crippen LogP contribution in [-0.4, -0.2) is 48.0 Å². The smallest absolute Gasteiger partial charge is 0.312 e. The van der Waals surface area contributed by atoms with Crippen molar-refractivity contribution in [2.24, 2.45) is 0 Å². The number of rotatable bonds is 3. The molecule has 0 saturated carbocycles. The van der Waals surface area contributed by atoms with E-state index in [1.165, 1.54) is 10.9 Å². The lowest BCUT2D eigenvalue weighted by Gasteiger charge is -2.26. The number of aliphatic hydroxyl groups excluding tert-OH is 2. The normalized spacial score (nSPS) is 28.9. The molecule has 3 atom stereocenters. The highest BCUT2D eigenvalue weighted by Crippen LogP contribution is 2.38. The number of imidazole rings is 1. The molecule has 1 saturated heterocycles. The first-order chi connectivity index (χ1) is 10.5. The van der Waals surface area contributed by atoms with Gasteiger partial charge in [-0.25, -0.2) is 4.98 Å². The van der Waals surface area contributed by atoms with E-state index in [0.29, 0.717) is 0 Å². The molecule has 9 heteroatoms. The van der Waals surface area contributed by atoms with Gasteiger partial charge in [0.05, 0.1) is 19.0 Å². The zero-order valence-corrected chi connectivity index (χ0v) is 11.8. The monoisotopic (exact) mass is 309 g/mol. The summed E-state index contributed by atoms with van der Waals surface area (Å²) in [6.07, 6.45) is 2.34. The average molecular weight is 309 g/mol. The van der Waals surface area contributed by atoms with Gasteiger partial charge in [0.2, 0.25) is 0 Å². The summed E-state index contributed by atoms with van der Waals surface area (Å²) in [7, 11) is 0. The molecule has 1 aliphatic rings. The van der Waals surface area contributed by atoms with Crippen molar-refractivity contribution in [3.05, 3.63) is 24.6 Å². The van der Waals surface area contributed by atoms with Gasteiger partial charge in [0, 0.05) is 6.42 Å². The fourth-order valence-corrected chi connectivity index (χ4v) is 2.69. The third-order valence-corrected chi connectivity index (χ3v) is 3.77. The van der Waals surface area contributed by atoms with E-state index in [2.05, 4.69) is 15.0 Å². The summed E-state index contributed by atoms with van der Waals surface area (Å²) in [5.41, 5.74) is 4.85. The van der Waals surface area contributed by atoms with E-state index >= 15 is 0 Å². The molecule has 3 heterocycles. The Morgan fingerprint density at radius 1 is 1.59 bits per heavy atom. The number of anilines is 1. The predicted molar refractivity (Wildman–Crippen MR) is 75.1 cm³/mol. The third-order valence-electron chi connectivity index (χ3n) is 3.77. The molecule has 2 aromatic rings. The molecular formula is C13H16FN5O3. The number of nitrogens with zero attached hydrogens (tertiary/aromatic N) is 4.